The second-order valence-corrected chi connectivity index (χ2v) is 4.93. The van der Waals surface area contributed by atoms with Crippen molar-refractivity contribution >= 4 is 11.9 Å². The highest BCUT2D eigenvalue weighted by molar-refractivity contribution is 5.79. The van der Waals surface area contributed by atoms with E-state index in [1.807, 2.05) is 0 Å². The molecule has 0 spiro atoms. The van der Waals surface area contributed by atoms with E-state index < -0.39 is 12.0 Å². The smallest absolute Gasteiger partial charge is 0.306 e. The molecule has 7 nitrogen and oxygen atoms in total. The summed E-state index contributed by atoms with van der Waals surface area (Å²) in [7, 11) is 0. The number of hydrogen-bond acceptors (Lipinski definition) is 4. The van der Waals surface area contributed by atoms with Crippen molar-refractivity contribution in [2.75, 3.05) is 6.54 Å². The van der Waals surface area contributed by atoms with Crippen LogP contribution in [0, 0.1) is 11.8 Å². The van der Waals surface area contributed by atoms with E-state index in [9.17, 15) is 9.59 Å². The monoisotopic (exact) mass is 266 g/mol. The van der Waals surface area contributed by atoms with Crippen molar-refractivity contribution in [2.45, 2.75) is 32.2 Å². The molecule has 3 unspecified atom stereocenters. The molecule has 0 saturated heterocycles. The van der Waals surface area contributed by atoms with Crippen LogP contribution in [0.25, 0.3) is 0 Å². The molecule has 1 fully saturated rings. The molecule has 0 radical (unpaired) electrons. The molecular formula is C12H18N4O3. The van der Waals surface area contributed by atoms with Gasteiger partial charge in [0.25, 0.3) is 0 Å². The third kappa shape index (κ3) is 3.10. The number of aliphatic carboxylic acids is 1. The molecule has 1 aliphatic rings. The van der Waals surface area contributed by atoms with E-state index in [-0.39, 0.29) is 17.7 Å². The van der Waals surface area contributed by atoms with Crippen molar-refractivity contribution in [3.8, 4) is 0 Å². The van der Waals surface area contributed by atoms with Crippen molar-refractivity contribution in [1.29, 1.82) is 0 Å². The first-order valence-corrected chi connectivity index (χ1v) is 6.44. The molecule has 1 amide bonds. The number of carbonyl (C=O) groups is 2. The van der Waals surface area contributed by atoms with Gasteiger partial charge in [-0.2, -0.15) is 5.10 Å². The van der Waals surface area contributed by atoms with Gasteiger partial charge in [-0.1, -0.05) is 6.42 Å². The summed E-state index contributed by atoms with van der Waals surface area (Å²) in [5.41, 5.74) is 0. The number of carboxylic acids is 1. The Morgan fingerprint density at radius 2 is 2.32 bits per heavy atom. The van der Waals surface area contributed by atoms with E-state index in [4.69, 9.17) is 5.11 Å². The Balaban J connectivity index is 1.85. The molecule has 0 aliphatic heterocycles. The van der Waals surface area contributed by atoms with E-state index in [1.54, 1.807) is 6.92 Å². The predicted octanol–water partition coefficient (Wildman–Crippen LogP) is 0.456. The maximum absolute atomic E-state index is 11.9. The maximum atomic E-state index is 11.9. The predicted molar refractivity (Wildman–Crippen MR) is 66.2 cm³/mol. The molecule has 1 saturated carbocycles. The number of nitrogens with one attached hydrogen (secondary N) is 1. The molecule has 1 aromatic heterocycles. The van der Waals surface area contributed by atoms with E-state index in [1.165, 1.54) is 17.3 Å². The quantitative estimate of drug-likeness (QED) is 0.806. The van der Waals surface area contributed by atoms with Gasteiger partial charge in [-0.25, -0.2) is 9.67 Å². The number of nitrogens with zero attached hydrogens (tertiary/aromatic N) is 3. The van der Waals surface area contributed by atoms with E-state index in [0.717, 1.165) is 12.8 Å². The number of amides is 1. The van der Waals surface area contributed by atoms with Gasteiger partial charge in [0, 0.05) is 6.54 Å². The lowest BCUT2D eigenvalue weighted by atomic mass is 9.96. The Kier molecular flexibility index (Phi) is 4.13. The van der Waals surface area contributed by atoms with Crippen LogP contribution in [0.3, 0.4) is 0 Å². The Morgan fingerprint density at radius 1 is 1.53 bits per heavy atom. The van der Waals surface area contributed by atoms with Crippen molar-refractivity contribution in [3.05, 3.63) is 12.7 Å². The summed E-state index contributed by atoms with van der Waals surface area (Å²) < 4.78 is 1.47. The highest BCUT2D eigenvalue weighted by atomic mass is 16.4. The average molecular weight is 266 g/mol. The summed E-state index contributed by atoms with van der Waals surface area (Å²) in [6.45, 7) is 2.14. The highest BCUT2D eigenvalue weighted by Gasteiger charge is 2.33. The van der Waals surface area contributed by atoms with Crippen LogP contribution >= 0.6 is 0 Å². The molecule has 7 heteroatoms. The second-order valence-electron chi connectivity index (χ2n) is 4.93. The van der Waals surface area contributed by atoms with Crippen LogP contribution in [0.2, 0.25) is 0 Å². The van der Waals surface area contributed by atoms with Crippen LogP contribution in [0.15, 0.2) is 12.7 Å². The van der Waals surface area contributed by atoms with Crippen molar-refractivity contribution in [3.63, 3.8) is 0 Å². The summed E-state index contributed by atoms with van der Waals surface area (Å²) in [5, 5.41) is 15.8. The van der Waals surface area contributed by atoms with Gasteiger partial charge >= 0.3 is 5.97 Å². The number of hydrogen-bond donors (Lipinski definition) is 2. The third-order valence-electron chi connectivity index (χ3n) is 3.73. The molecule has 19 heavy (non-hydrogen) atoms. The van der Waals surface area contributed by atoms with Crippen LogP contribution in [0.5, 0.6) is 0 Å². The van der Waals surface area contributed by atoms with E-state index in [0.29, 0.717) is 13.0 Å². The van der Waals surface area contributed by atoms with Crippen molar-refractivity contribution in [2.24, 2.45) is 11.8 Å². The molecule has 104 valence electrons. The minimum atomic E-state index is -0.763. The Bertz CT molecular complexity index is 446. The first-order chi connectivity index (χ1) is 9.09. The summed E-state index contributed by atoms with van der Waals surface area (Å²) in [6.07, 6.45) is 5.33. The lowest BCUT2D eigenvalue weighted by molar-refractivity contribution is -0.143. The van der Waals surface area contributed by atoms with Crippen molar-refractivity contribution < 1.29 is 14.7 Å². The normalized spacial score (nSPS) is 24.1. The van der Waals surface area contributed by atoms with Gasteiger partial charge in [-0.15, -0.1) is 0 Å². The Morgan fingerprint density at radius 3 is 2.95 bits per heavy atom. The molecule has 1 aliphatic carbocycles. The highest BCUT2D eigenvalue weighted by Crippen LogP contribution is 2.31. The zero-order valence-corrected chi connectivity index (χ0v) is 10.8. The SMILES string of the molecule is CC(C(=O)NCC1CCCC1C(=O)O)n1cncn1. The Hall–Kier alpha value is -1.92. The molecule has 0 aromatic carbocycles. The average Bonchev–Trinajstić information content (AvgIpc) is 3.05. The fourth-order valence-corrected chi connectivity index (χ4v) is 2.52. The van der Waals surface area contributed by atoms with Crippen molar-refractivity contribution in [1.82, 2.24) is 20.1 Å². The fourth-order valence-electron chi connectivity index (χ4n) is 2.52. The molecule has 1 aromatic rings. The molecule has 0 bridgehead atoms. The van der Waals surface area contributed by atoms with Crippen LogP contribution in [-0.4, -0.2) is 38.3 Å². The van der Waals surface area contributed by atoms with E-state index in [2.05, 4.69) is 15.4 Å². The first kappa shape index (κ1) is 13.5. The topological polar surface area (TPSA) is 97.1 Å². The summed E-state index contributed by atoms with van der Waals surface area (Å²) in [4.78, 5) is 26.8. The first-order valence-electron chi connectivity index (χ1n) is 6.44. The molecule has 1 heterocycles. The van der Waals surface area contributed by atoms with Gasteiger partial charge in [0.2, 0.25) is 5.91 Å². The maximum Gasteiger partial charge on any atom is 0.306 e. The van der Waals surface area contributed by atoms with Gasteiger partial charge in [-0.3, -0.25) is 9.59 Å². The third-order valence-corrected chi connectivity index (χ3v) is 3.73. The Labute approximate surface area is 111 Å². The van der Waals surface area contributed by atoms with Crippen LogP contribution in [0.1, 0.15) is 32.2 Å². The summed E-state index contributed by atoms with van der Waals surface area (Å²) in [5.74, 6) is -1.23. The molecule has 2 N–H and O–H groups in total. The zero-order chi connectivity index (χ0) is 13.8. The number of rotatable bonds is 5. The van der Waals surface area contributed by atoms with Gasteiger partial charge < -0.3 is 10.4 Å². The standard InChI is InChI=1S/C12H18N4O3/c1-8(16-7-13-6-15-16)11(17)14-5-9-3-2-4-10(9)12(18)19/h6-10H,2-5H2,1H3,(H,14,17)(H,18,19). The fraction of sp³-hybridized carbons (Fsp3) is 0.667. The van der Waals surface area contributed by atoms with Gasteiger partial charge in [0.1, 0.15) is 18.7 Å². The van der Waals surface area contributed by atoms with E-state index >= 15 is 0 Å². The van der Waals surface area contributed by atoms with Gasteiger partial charge in [0.15, 0.2) is 0 Å². The minimum absolute atomic E-state index is 0.0318. The zero-order valence-electron chi connectivity index (χ0n) is 10.8. The molecule has 2 rings (SSSR count). The summed E-state index contributed by atoms with van der Waals surface area (Å²) in [6, 6.07) is -0.438. The lowest BCUT2D eigenvalue weighted by Gasteiger charge is -2.18. The number of carbonyl (C=O) groups excluding carboxylic acids is 1. The number of aromatic nitrogens is 3. The molecular weight excluding hydrogens is 248 g/mol. The van der Waals surface area contributed by atoms with Crippen LogP contribution in [-0.2, 0) is 9.59 Å². The lowest BCUT2D eigenvalue weighted by Crippen LogP contribution is -2.36. The second kappa shape index (κ2) is 5.81. The van der Waals surface area contributed by atoms with Gasteiger partial charge in [0.05, 0.1) is 5.92 Å². The minimum Gasteiger partial charge on any atom is -0.481 e. The number of carboxylic acid groups (broad SMARTS) is 1. The largest absolute Gasteiger partial charge is 0.481 e. The van der Waals surface area contributed by atoms with Crippen LogP contribution < -0.4 is 5.32 Å². The molecule has 3 atom stereocenters. The van der Waals surface area contributed by atoms with Crippen LogP contribution in [0.4, 0.5) is 0 Å². The van der Waals surface area contributed by atoms with Gasteiger partial charge in [-0.05, 0) is 25.7 Å². The summed E-state index contributed by atoms with van der Waals surface area (Å²) >= 11 is 0.